The molecular weight excluding hydrogens is 307 g/mol. The van der Waals surface area contributed by atoms with Gasteiger partial charge in [0.05, 0.1) is 0 Å². The summed E-state index contributed by atoms with van der Waals surface area (Å²) < 4.78 is 13.0. The third kappa shape index (κ3) is 4.29. The van der Waals surface area contributed by atoms with E-state index in [1.165, 1.54) is 18.2 Å². The van der Waals surface area contributed by atoms with Crippen molar-refractivity contribution in [2.24, 2.45) is 0 Å². The smallest absolute Gasteiger partial charge is 0.268 e. The zero-order valence-corrected chi connectivity index (χ0v) is 13.0. The van der Waals surface area contributed by atoms with E-state index in [1.807, 2.05) is 6.07 Å². The van der Waals surface area contributed by atoms with Gasteiger partial charge in [-0.1, -0.05) is 30.3 Å². The molecule has 0 aromatic heterocycles. The van der Waals surface area contributed by atoms with Gasteiger partial charge >= 0.3 is 0 Å². The van der Waals surface area contributed by atoms with Gasteiger partial charge in [0.1, 0.15) is 11.5 Å². The quantitative estimate of drug-likeness (QED) is 0.831. The van der Waals surface area contributed by atoms with E-state index in [0.717, 1.165) is 12.8 Å². The van der Waals surface area contributed by atoms with Gasteiger partial charge in [-0.25, -0.2) is 4.39 Å². The molecule has 0 aliphatic heterocycles. The molecule has 2 N–H and O–H groups in total. The molecule has 2 amide bonds. The van der Waals surface area contributed by atoms with Gasteiger partial charge in [0.25, 0.3) is 11.8 Å². The summed E-state index contributed by atoms with van der Waals surface area (Å²) in [6, 6.07) is 14.5. The third-order valence-corrected chi connectivity index (χ3v) is 3.62. The van der Waals surface area contributed by atoms with Crippen molar-refractivity contribution in [2.45, 2.75) is 18.9 Å². The lowest BCUT2D eigenvalue weighted by Crippen LogP contribution is -2.35. The Hall–Kier alpha value is -2.95. The Morgan fingerprint density at radius 1 is 1.00 bits per heavy atom. The average Bonchev–Trinajstić information content (AvgIpc) is 3.41. The van der Waals surface area contributed by atoms with Crippen molar-refractivity contribution >= 4 is 17.9 Å². The molecular formula is C19H17FN2O2. The third-order valence-electron chi connectivity index (χ3n) is 3.62. The van der Waals surface area contributed by atoms with E-state index < -0.39 is 0 Å². The molecule has 24 heavy (non-hydrogen) atoms. The number of rotatable bonds is 5. The summed E-state index contributed by atoms with van der Waals surface area (Å²) in [5.41, 5.74) is 1.23. The number of benzene rings is 2. The first-order chi connectivity index (χ1) is 11.6. The van der Waals surface area contributed by atoms with Crippen LogP contribution in [-0.4, -0.2) is 17.9 Å². The monoisotopic (exact) mass is 324 g/mol. The Bertz CT molecular complexity index is 766. The van der Waals surface area contributed by atoms with Gasteiger partial charge in [0.15, 0.2) is 0 Å². The lowest BCUT2D eigenvalue weighted by molar-refractivity contribution is -0.117. The number of carbonyl (C=O) groups is 2. The number of carbonyl (C=O) groups excluding carboxylic acids is 2. The first-order valence-corrected chi connectivity index (χ1v) is 7.76. The summed E-state index contributed by atoms with van der Waals surface area (Å²) in [6.45, 7) is 0. The van der Waals surface area contributed by atoms with E-state index in [4.69, 9.17) is 0 Å². The van der Waals surface area contributed by atoms with Crippen molar-refractivity contribution in [2.75, 3.05) is 0 Å². The maximum absolute atomic E-state index is 13.0. The van der Waals surface area contributed by atoms with E-state index in [-0.39, 0.29) is 29.4 Å². The summed E-state index contributed by atoms with van der Waals surface area (Å²) in [6.07, 6.45) is 3.43. The minimum atomic E-state index is -0.366. The minimum Gasteiger partial charge on any atom is -0.348 e. The normalized spacial score (nSPS) is 14.1. The van der Waals surface area contributed by atoms with Crippen LogP contribution in [0.15, 0.2) is 60.3 Å². The number of hydrogen-bond acceptors (Lipinski definition) is 2. The van der Waals surface area contributed by atoms with Crippen molar-refractivity contribution in [1.82, 2.24) is 10.6 Å². The molecule has 0 atom stereocenters. The highest BCUT2D eigenvalue weighted by Gasteiger charge is 2.25. The SMILES string of the molecule is O=C(NC1CC1)/C(=C\c1ccc(F)cc1)NC(=O)c1ccccc1. The maximum Gasteiger partial charge on any atom is 0.268 e. The molecule has 0 radical (unpaired) electrons. The standard InChI is InChI=1S/C19H17FN2O2/c20-15-8-6-13(7-9-15)12-17(19(24)21-16-10-11-16)22-18(23)14-4-2-1-3-5-14/h1-9,12,16H,10-11H2,(H,21,24)(H,22,23)/b17-12+. The molecule has 0 spiro atoms. The molecule has 0 heterocycles. The largest absolute Gasteiger partial charge is 0.348 e. The molecule has 4 nitrogen and oxygen atoms in total. The van der Waals surface area contributed by atoms with E-state index >= 15 is 0 Å². The van der Waals surface area contributed by atoms with Gasteiger partial charge < -0.3 is 10.6 Å². The predicted molar refractivity (Wildman–Crippen MR) is 89.4 cm³/mol. The maximum atomic E-state index is 13.0. The lowest BCUT2D eigenvalue weighted by Gasteiger charge is -2.11. The van der Waals surface area contributed by atoms with Crippen LogP contribution in [0.5, 0.6) is 0 Å². The summed E-state index contributed by atoms with van der Waals surface area (Å²) in [5.74, 6) is -1.06. The zero-order chi connectivity index (χ0) is 16.9. The molecule has 3 rings (SSSR count). The molecule has 1 saturated carbocycles. The zero-order valence-electron chi connectivity index (χ0n) is 13.0. The summed E-state index contributed by atoms with van der Waals surface area (Å²) in [5, 5.41) is 5.49. The van der Waals surface area contributed by atoms with Gasteiger partial charge in [0, 0.05) is 11.6 Å². The number of halogens is 1. The van der Waals surface area contributed by atoms with Crippen LogP contribution in [0.25, 0.3) is 6.08 Å². The minimum absolute atomic E-state index is 0.141. The summed E-state index contributed by atoms with van der Waals surface area (Å²) in [4.78, 5) is 24.7. The molecule has 1 aliphatic carbocycles. The van der Waals surface area contributed by atoms with E-state index in [1.54, 1.807) is 36.4 Å². The molecule has 2 aromatic carbocycles. The van der Waals surface area contributed by atoms with E-state index in [0.29, 0.717) is 11.1 Å². The van der Waals surface area contributed by atoms with Crippen LogP contribution < -0.4 is 10.6 Å². The predicted octanol–water partition coefficient (Wildman–Crippen LogP) is 2.88. The Balaban J connectivity index is 1.82. The number of hydrogen-bond donors (Lipinski definition) is 2. The van der Waals surface area contributed by atoms with Crippen LogP contribution in [0.3, 0.4) is 0 Å². The topological polar surface area (TPSA) is 58.2 Å². The van der Waals surface area contributed by atoms with E-state index in [9.17, 15) is 14.0 Å². The van der Waals surface area contributed by atoms with Crippen molar-refractivity contribution in [3.63, 3.8) is 0 Å². The number of nitrogens with one attached hydrogen (secondary N) is 2. The van der Waals surface area contributed by atoms with Crippen LogP contribution in [0, 0.1) is 5.82 Å². The van der Waals surface area contributed by atoms with Crippen molar-refractivity contribution in [3.05, 3.63) is 77.2 Å². The molecule has 1 fully saturated rings. The average molecular weight is 324 g/mol. The van der Waals surface area contributed by atoms with E-state index in [2.05, 4.69) is 10.6 Å². The van der Waals surface area contributed by atoms with Crippen LogP contribution in [0.1, 0.15) is 28.8 Å². The Morgan fingerprint density at radius 2 is 1.67 bits per heavy atom. The van der Waals surface area contributed by atoms with Crippen LogP contribution >= 0.6 is 0 Å². The molecule has 2 aromatic rings. The molecule has 0 bridgehead atoms. The van der Waals surface area contributed by atoms with Crippen LogP contribution in [0.4, 0.5) is 4.39 Å². The van der Waals surface area contributed by atoms with Gasteiger partial charge in [-0.15, -0.1) is 0 Å². The molecule has 1 aliphatic rings. The fourth-order valence-corrected chi connectivity index (χ4v) is 2.16. The fraction of sp³-hybridized carbons (Fsp3) is 0.158. The second kappa shape index (κ2) is 7.08. The summed E-state index contributed by atoms with van der Waals surface area (Å²) >= 11 is 0. The van der Waals surface area contributed by atoms with Crippen molar-refractivity contribution in [3.8, 4) is 0 Å². The van der Waals surface area contributed by atoms with Crippen LogP contribution in [-0.2, 0) is 4.79 Å². The first-order valence-electron chi connectivity index (χ1n) is 7.76. The van der Waals surface area contributed by atoms with Gasteiger partial charge in [-0.3, -0.25) is 9.59 Å². The number of amides is 2. The van der Waals surface area contributed by atoms with Gasteiger partial charge in [-0.05, 0) is 48.7 Å². The van der Waals surface area contributed by atoms with Crippen LogP contribution in [0.2, 0.25) is 0 Å². The lowest BCUT2D eigenvalue weighted by atomic mass is 10.1. The fourth-order valence-electron chi connectivity index (χ4n) is 2.16. The van der Waals surface area contributed by atoms with Crippen molar-refractivity contribution < 1.29 is 14.0 Å². The Labute approximate surface area is 139 Å². The highest BCUT2D eigenvalue weighted by atomic mass is 19.1. The summed E-state index contributed by atoms with van der Waals surface area (Å²) in [7, 11) is 0. The highest BCUT2D eigenvalue weighted by Crippen LogP contribution is 2.19. The van der Waals surface area contributed by atoms with Gasteiger partial charge in [0.2, 0.25) is 0 Å². The first kappa shape index (κ1) is 15.9. The molecule has 0 saturated heterocycles. The molecule has 5 heteroatoms. The molecule has 122 valence electrons. The Morgan fingerprint density at radius 3 is 2.29 bits per heavy atom. The second-order valence-electron chi connectivity index (χ2n) is 5.68. The second-order valence-corrected chi connectivity index (χ2v) is 5.68. The Kier molecular flexibility index (Phi) is 4.70. The molecule has 0 unspecified atom stereocenters. The van der Waals surface area contributed by atoms with Crippen molar-refractivity contribution in [1.29, 1.82) is 0 Å². The highest BCUT2D eigenvalue weighted by molar-refractivity contribution is 6.05. The van der Waals surface area contributed by atoms with Gasteiger partial charge in [-0.2, -0.15) is 0 Å².